The zero-order valence-electron chi connectivity index (χ0n) is 9.06. The minimum atomic E-state index is -1.45. The number of rotatable bonds is 4. The molecule has 1 rings (SSSR count). The van der Waals surface area contributed by atoms with E-state index in [2.05, 4.69) is 6.58 Å². The molecular formula is C12H10O5. The van der Waals surface area contributed by atoms with Gasteiger partial charge >= 0.3 is 11.9 Å². The van der Waals surface area contributed by atoms with Crippen LogP contribution in [-0.4, -0.2) is 27.9 Å². The van der Waals surface area contributed by atoms with Crippen molar-refractivity contribution in [2.45, 2.75) is 6.92 Å². The van der Waals surface area contributed by atoms with Crippen molar-refractivity contribution < 1.29 is 24.6 Å². The molecule has 0 amide bonds. The maximum absolute atomic E-state index is 11.7. The summed E-state index contributed by atoms with van der Waals surface area (Å²) in [6, 6.07) is 3.74. The molecule has 0 heterocycles. The predicted octanol–water partition coefficient (Wildman–Crippen LogP) is 1.84. The molecule has 1 aromatic rings. The van der Waals surface area contributed by atoms with Crippen molar-refractivity contribution in [3.05, 3.63) is 47.0 Å². The number of carbonyl (C=O) groups excluding carboxylic acids is 1. The summed E-state index contributed by atoms with van der Waals surface area (Å²) in [5, 5.41) is 17.8. The quantitative estimate of drug-likeness (QED) is 0.612. The van der Waals surface area contributed by atoms with Gasteiger partial charge in [-0.25, -0.2) is 9.59 Å². The first-order chi connectivity index (χ1) is 7.86. The van der Waals surface area contributed by atoms with Crippen LogP contribution in [0, 0.1) is 0 Å². The van der Waals surface area contributed by atoms with Gasteiger partial charge < -0.3 is 10.2 Å². The minimum absolute atomic E-state index is 0.148. The topological polar surface area (TPSA) is 91.7 Å². The van der Waals surface area contributed by atoms with E-state index in [9.17, 15) is 14.4 Å². The number of aromatic carboxylic acids is 2. The number of benzene rings is 1. The summed E-state index contributed by atoms with van der Waals surface area (Å²) >= 11 is 0. The van der Waals surface area contributed by atoms with Crippen molar-refractivity contribution in [1.82, 2.24) is 0 Å². The van der Waals surface area contributed by atoms with Crippen LogP contribution in [0.15, 0.2) is 30.4 Å². The SMILES string of the molecule is C=C(C)C(=O)c1cccc(C(=O)O)c1C(=O)O. The Morgan fingerprint density at radius 3 is 2.00 bits per heavy atom. The van der Waals surface area contributed by atoms with Crippen molar-refractivity contribution in [3.63, 3.8) is 0 Å². The molecule has 5 nitrogen and oxygen atoms in total. The Balaban J connectivity index is 3.56. The van der Waals surface area contributed by atoms with Crippen LogP contribution >= 0.6 is 0 Å². The second-order valence-corrected chi connectivity index (χ2v) is 3.45. The number of allylic oxidation sites excluding steroid dienone is 1. The van der Waals surface area contributed by atoms with Gasteiger partial charge in [0.05, 0.1) is 11.1 Å². The van der Waals surface area contributed by atoms with Crippen LogP contribution < -0.4 is 0 Å². The van der Waals surface area contributed by atoms with Crippen molar-refractivity contribution in [1.29, 1.82) is 0 Å². The molecule has 0 saturated heterocycles. The van der Waals surface area contributed by atoms with Gasteiger partial charge in [-0.15, -0.1) is 0 Å². The zero-order chi connectivity index (χ0) is 13.2. The molecule has 0 aliphatic carbocycles. The third kappa shape index (κ3) is 2.39. The van der Waals surface area contributed by atoms with Gasteiger partial charge in [-0.05, 0) is 18.6 Å². The number of Topliss-reactive ketones (excluding diaryl/α,β-unsaturated/α-hetero) is 1. The molecule has 0 fully saturated rings. The molecule has 0 aliphatic heterocycles. The summed E-state index contributed by atoms with van der Waals surface area (Å²) in [5.41, 5.74) is -0.933. The van der Waals surface area contributed by atoms with E-state index in [4.69, 9.17) is 10.2 Å². The number of carboxylic acids is 2. The van der Waals surface area contributed by atoms with Crippen LogP contribution in [0.1, 0.15) is 38.0 Å². The first-order valence-electron chi connectivity index (χ1n) is 4.66. The second-order valence-electron chi connectivity index (χ2n) is 3.45. The highest BCUT2D eigenvalue weighted by atomic mass is 16.4. The number of hydrogen-bond acceptors (Lipinski definition) is 3. The van der Waals surface area contributed by atoms with Crippen molar-refractivity contribution in [2.24, 2.45) is 0 Å². The summed E-state index contributed by atoms with van der Waals surface area (Å²) in [7, 11) is 0. The van der Waals surface area contributed by atoms with Crippen LogP contribution in [0.25, 0.3) is 0 Å². The first kappa shape index (κ1) is 12.6. The third-order valence-electron chi connectivity index (χ3n) is 2.14. The van der Waals surface area contributed by atoms with Crippen LogP contribution in [0.3, 0.4) is 0 Å². The van der Waals surface area contributed by atoms with Crippen LogP contribution in [0.5, 0.6) is 0 Å². The van der Waals surface area contributed by atoms with Gasteiger partial charge in [-0.2, -0.15) is 0 Å². The van der Waals surface area contributed by atoms with Gasteiger partial charge in [0.1, 0.15) is 0 Å². The lowest BCUT2D eigenvalue weighted by Gasteiger charge is -2.07. The molecule has 0 aliphatic rings. The Bertz CT molecular complexity index is 528. The number of hydrogen-bond donors (Lipinski definition) is 2. The van der Waals surface area contributed by atoms with Gasteiger partial charge in [-0.1, -0.05) is 18.7 Å². The molecule has 0 atom stereocenters. The Morgan fingerprint density at radius 2 is 1.59 bits per heavy atom. The smallest absolute Gasteiger partial charge is 0.337 e. The highest BCUT2D eigenvalue weighted by molar-refractivity contribution is 6.16. The van der Waals surface area contributed by atoms with Crippen molar-refractivity contribution in [3.8, 4) is 0 Å². The highest BCUT2D eigenvalue weighted by Crippen LogP contribution is 2.18. The van der Waals surface area contributed by atoms with E-state index in [1.54, 1.807) is 0 Å². The molecule has 0 radical (unpaired) electrons. The zero-order valence-corrected chi connectivity index (χ0v) is 9.06. The normalized spacial score (nSPS) is 9.71. The average Bonchev–Trinajstić information content (AvgIpc) is 2.26. The van der Waals surface area contributed by atoms with E-state index in [1.807, 2.05) is 0 Å². The highest BCUT2D eigenvalue weighted by Gasteiger charge is 2.23. The standard InChI is InChI=1S/C12H10O5/c1-6(2)10(13)7-4-3-5-8(11(14)15)9(7)12(16)17/h3-5H,1H2,2H3,(H,14,15)(H,16,17). The fourth-order valence-electron chi connectivity index (χ4n) is 1.38. The van der Waals surface area contributed by atoms with Gasteiger partial charge in [0.15, 0.2) is 5.78 Å². The van der Waals surface area contributed by atoms with Crippen LogP contribution in [0.2, 0.25) is 0 Å². The van der Waals surface area contributed by atoms with E-state index >= 15 is 0 Å². The molecule has 0 saturated carbocycles. The van der Waals surface area contributed by atoms with Crippen molar-refractivity contribution >= 4 is 17.7 Å². The summed E-state index contributed by atoms with van der Waals surface area (Å²) in [6.07, 6.45) is 0. The maximum atomic E-state index is 11.7. The first-order valence-corrected chi connectivity index (χ1v) is 4.66. The third-order valence-corrected chi connectivity index (χ3v) is 2.14. The molecule has 88 valence electrons. The summed E-state index contributed by atoms with van der Waals surface area (Å²) in [6.45, 7) is 4.85. The summed E-state index contributed by atoms with van der Waals surface area (Å²) in [5.74, 6) is -3.42. The predicted molar refractivity (Wildman–Crippen MR) is 59.5 cm³/mol. The molecule has 0 spiro atoms. The molecular weight excluding hydrogens is 224 g/mol. The summed E-state index contributed by atoms with van der Waals surface area (Å²) < 4.78 is 0. The van der Waals surface area contributed by atoms with Crippen LogP contribution in [0.4, 0.5) is 0 Å². The average molecular weight is 234 g/mol. The molecule has 5 heteroatoms. The molecule has 2 N–H and O–H groups in total. The maximum Gasteiger partial charge on any atom is 0.337 e. The number of carbonyl (C=O) groups is 3. The lowest BCUT2D eigenvalue weighted by molar-refractivity contribution is 0.0649. The van der Waals surface area contributed by atoms with Gasteiger partial charge in [0, 0.05) is 5.56 Å². The van der Waals surface area contributed by atoms with E-state index in [0.29, 0.717) is 0 Å². The minimum Gasteiger partial charge on any atom is -0.478 e. The number of carboxylic acid groups (broad SMARTS) is 2. The van der Waals surface area contributed by atoms with E-state index < -0.39 is 28.8 Å². The fraction of sp³-hybridized carbons (Fsp3) is 0.0833. The Labute approximate surface area is 97.0 Å². The molecule has 0 bridgehead atoms. The lowest BCUT2D eigenvalue weighted by atomic mass is 9.95. The largest absolute Gasteiger partial charge is 0.478 e. The Hall–Kier alpha value is -2.43. The van der Waals surface area contributed by atoms with E-state index in [0.717, 1.165) is 6.07 Å². The van der Waals surface area contributed by atoms with Gasteiger partial charge in [0.25, 0.3) is 0 Å². The van der Waals surface area contributed by atoms with E-state index in [-0.39, 0.29) is 11.1 Å². The molecule has 0 aromatic heterocycles. The van der Waals surface area contributed by atoms with Gasteiger partial charge in [-0.3, -0.25) is 4.79 Å². The second kappa shape index (κ2) is 4.61. The fourth-order valence-corrected chi connectivity index (χ4v) is 1.38. The van der Waals surface area contributed by atoms with Crippen LogP contribution in [-0.2, 0) is 0 Å². The van der Waals surface area contributed by atoms with Crippen molar-refractivity contribution in [2.75, 3.05) is 0 Å². The monoisotopic (exact) mass is 234 g/mol. The number of ketones is 1. The molecule has 1 aromatic carbocycles. The summed E-state index contributed by atoms with van der Waals surface area (Å²) in [4.78, 5) is 33.6. The molecule has 0 unspecified atom stereocenters. The lowest BCUT2D eigenvalue weighted by Crippen LogP contribution is -2.15. The molecule has 17 heavy (non-hydrogen) atoms. The Kier molecular flexibility index (Phi) is 3.43. The van der Waals surface area contributed by atoms with E-state index in [1.165, 1.54) is 19.1 Å². The van der Waals surface area contributed by atoms with Gasteiger partial charge in [0.2, 0.25) is 0 Å². The Morgan fingerprint density at radius 1 is 1.06 bits per heavy atom.